The van der Waals surface area contributed by atoms with E-state index in [0.717, 1.165) is 22.7 Å². The molecule has 0 spiro atoms. The molecular formula is C14H14N4O. The average Bonchev–Trinajstić information content (AvgIpc) is 2.79. The van der Waals surface area contributed by atoms with Crippen LogP contribution in [0.1, 0.15) is 0 Å². The minimum Gasteiger partial charge on any atom is -0.395 e. The van der Waals surface area contributed by atoms with Gasteiger partial charge in [0.25, 0.3) is 0 Å². The fraction of sp³-hybridized carbons (Fsp3) is 0.143. The van der Waals surface area contributed by atoms with Crippen LogP contribution in [0, 0.1) is 0 Å². The number of pyridine rings is 1. The molecule has 1 aromatic carbocycles. The van der Waals surface area contributed by atoms with Crippen LogP contribution in [0.3, 0.4) is 0 Å². The lowest BCUT2D eigenvalue weighted by atomic mass is 10.3. The van der Waals surface area contributed by atoms with Gasteiger partial charge in [-0.15, -0.1) is 0 Å². The van der Waals surface area contributed by atoms with E-state index < -0.39 is 0 Å². The highest BCUT2D eigenvalue weighted by molar-refractivity contribution is 5.79. The van der Waals surface area contributed by atoms with Crippen molar-refractivity contribution in [3.05, 3.63) is 48.8 Å². The molecule has 2 heterocycles. The van der Waals surface area contributed by atoms with Gasteiger partial charge in [0.15, 0.2) is 0 Å². The molecular weight excluding hydrogens is 240 g/mol. The molecule has 0 saturated heterocycles. The first-order valence-electron chi connectivity index (χ1n) is 6.11. The summed E-state index contributed by atoms with van der Waals surface area (Å²) < 4.78 is 1.97. The van der Waals surface area contributed by atoms with Gasteiger partial charge in [-0.1, -0.05) is 12.1 Å². The van der Waals surface area contributed by atoms with E-state index in [1.54, 1.807) is 12.4 Å². The third kappa shape index (κ3) is 2.28. The molecule has 3 rings (SSSR count). The molecule has 0 radical (unpaired) electrons. The summed E-state index contributed by atoms with van der Waals surface area (Å²) in [5.41, 5.74) is 2.84. The van der Waals surface area contributed by atoms with Crippen LogP contribution in [0.2, 0.25) is 0 Å². The van der Waals surface area contributed by atoms with Gasteiger partial charge in [0.2, 0.25) is 5.95 Å². The molecule has 0 atom stereocenters. The highest BCUT2D eigenvalue weighted by atomic mass is 16.3. The Morgan fingerprint density at radius 3 is 2.68 bits per heavy atom. The quantitative estimate of drug-likeness (QED) is 0.749. The number of aliphatic hydroxyl groups is 1. The number of hydrogen-bond donors (Lipinski definition) is 2. The number of aliphatic hydroxyl groups excluding tert-OH is 1. The van der Waals surface area contributed by atoms with E-state index in [-0.39, 0.29) is 6.61 Å². The number of aromatic nitrogens is 3. The van der Waals surface area contributed by atoms with Gasteiger partial charge < -0.3 is 15.0 Å². The SMILES string of the molecule is OCCn1c(Nc2ccncc2)nc2ccccc21. The summed E-state index contributed by atoms with van der Waals surface area (Å²) in [6.07, 6.45) is 3.45. The predicted molar refractivity (Wildman–Crippen MR) is 74.3 cm³/mol. The average molecular weight is 254 g/mol. The van der Waals surface area contributed by atoms with E-state index in [2.05, 4.69) is 15.3 Å². The molecule has 2 N–H and O–H groups in total. The smallest absolute Gasteiger partial charge is 0.208 e. The normalized spacial score (nSPS) is 10.8. The van der Waals surface area contributed by atoms with E-state index in [0.29, 0.717) is 6.54 Å². The highest BCUT2D eigenvalue weighted by Gasteiger charge is 2.09. The molecule has 0 amide bonds. The lowest BCUT2D eigenvalue weighted by molar-refractivity contribution is 0.278. The molecule has 3 aromatic rings. The third-order valence-electron chi connectivity index (χ3n) is 2.91. The second-order valence-electron chi connectivity index (χ2n) is 4.16. The second kappa shape index (κ2) is 5.07. The number of para-hydroxylation sites is 2. The molecule has 0 aliphatic carbocycles. The summed E-state index contributed by atoms with van der Waals surface area (Å²) in [5, 5.41) is 12.4. The van der Waals surface area contributed by atoms with Crippen molar-refractivity contribution in [3.63, 3.8) is 0 Å². The van der Waals surface area contributed by atoms with Crippen molar-refractivity contribution >= 4 is 22.7 Å². The molecule has 0 fully saturated rings. The van der Waals surface area contributed by atoms with Crippen LogP contribution in [0.25, 0.3) is 11.0 Å². The van der Waals surface area contributed by atoms with Gasteiger partial charge in [-0.25, -0.2) is 4.98 Å². The summed E-state index contributed by atoms with van der Waals surface area (Å²) in [4.78, 5) is 8.53. The molecule has 0 aliphatic rings. The Morgan fingerprint density at radius 2 is 1.89 bits per heavy atom. The van der Waals surface area contributed by atoms with Crippen molar-refractivity contribution in [1.29, 1.82) is 0 Å². The van der Waals surface area contributed by atoms with E-state index in [1.165, 1.54) is 0 Å². The van der Waals surface area contributed by atoms with Gasteiger partial charge in [0.1, 0.15) is 0 Å². The summed E-state index contributed by atoms with van der Waals surface area (Å²) in [7, 11) is 0. The minimum atomic E-state index is 0.0748. The first-order chi connectivity index (χ1) is 9.38. The van der Waals surface area contributed by atoms with Crippen LogP contribution in [-0.4, -0.2) is 26.2 Å². The van der Waals surface area contributed by atoms with E-state index >= 15 is 0 Å². The Kier molecular flexibility index (Phi) is 3.12. The Bertz CT molecular complexity index is 678. The maximum Gasteiger partial charge on any atom is 0.208 e. The maximum absolute atomic E-state index is 9.20. The van der Waals surface area contributed by atoms with Crippen molar-refractivity contribution in [2.24, 2.45) is 0 Å². The topological polar surface area (TPSA) is 63.0 Å². The summed E-state index contributed by atoms with van der Waals surface area (Å²) in [5.74, 6) is 0.724. The monoisotopic (exact) mass is 254 g/mol. The predicted octanol–water partition coefficient (Wildman–Crippen LogP) is 2.17. The van der Waals surface area contributed by atoms with Gasteiger partial charge in [-0.2, -0.15) is 0 Å². The van der Waals surface area contributed by atoms with Crippen molar-refractivity contribution in [3.8, 4) is 0 Å². The number of nitrogens with zero attached hydrogens (tertiary/aromatic N) is 3. The maximum atomic E-state index is 9.20. The van der Waals surface area contributed by atoms with Crippen molar-refractivity contribution < 1.29 is 5.11 Å². The zero-order chi connectivity index (χ0) is 13.1. The van der Waals surface area contributed by atoms with Crippen LogP contribution < -0.4 is 5.32 Å². The molecule has 2 aromatic heterocycles. The summed E-state index contributed by atoms with van der Waals surface area (Å²) >= 11 is 0. The van der Waals surface area contributed by atoms with Gasteiger partial charge >= 0.3 is 0 Å². The molecule has 96 valence electrons. The van der Waals surface area contributed by atoms with Crippen molar-refractivity contribution in [1.82, 2.24) is 14.5 Å². The van der Waals surface area contributed by atoms with Gasteiger partial charge in [-0.3, -0.25) is 4.98 Å². The number of hydrogen-bond acceptors (Lipinski definition) is 4. The third-order valence-corrected chi connectivity index (χ3v) is 2.91. The zero-order valence-corrected chi connectivity index (χ0v) is 10.3. The van der Waals surface area contributed by atoms with Gasteiger partial charge in [0, 0.05) is 24.6 Å². The first kappa shape index (κ1) is 11.7. The molecule has 0 unspecified atom stereocenters. The largest absolute Gasteiger partial charge is 0.395 e. The minimum absolute atomic E-state index is 0.0748. The molecule has 0 aliphatic heterocycles. The van der Waals surface area contributed by atoms with Crippen LogP contribution in [-0.2, 0) is 6.54 Å². The van der Waals surface area contributed by atoms with Crippen LogP contribution in [0.4, 0.5) is 11.6 Å². The number of nitrogens with one attached hydrogen (secondary N) is 1. The molecule has 0 saturated carbocycles. The molecule has 5 nitrogen and oxygen atoms in total. The standard InChI is InChI=1S/C14H14N4O/c19-10-9-18-13-4-2-1-3-12(13)17-14(18)16-11-5-7-15-8-6-11/h1-8,19H,9-10H2,(H,15,16,17). The Morgan fingerprint density at radius 1 is 1.11 bits per heavy atom. The number of fused-ring (bicyclic) bond motifs is 1. The lowest BCUT2D eigenvalue weighted by Crippen LogP contribution is -2.06. The van der Waals surface area contributed by atoms with Crippen molar-refractivity contribution in [2.45, 2.75) is 6.54 Å². The Hall–Kier alpha value is -2.40. The number of imidazole rings is 1. The lowest BCUT2D eigenvalue weighted by Gasteiger charge is -2.09. The molecule has 0 bridgehead atoms. The molecule has 5 heteroatoms. The molecule has 19 heavy (non-hydrogen) atoms. The van der Waals surface area contributed by atoms with Gasteiger partial charge in [-0.05, 0) is 24.3 Å². The van der Waals surface area contributed by atoms with E-state index in [4.69, 9.17) is 0 Å². The first-order valence-corrected chi connectivity index (χ1v) is 6.11. The second-order valence-corrected chi connectivity index (χ2v) is 4.16. The summed E-state index contributed by atoms with van der Waals surface area (Å²) in [6, 6.07) is 11.6. The number of rotatable bonds is 4. The van der Waals surface area contributed by atoms with E-state index in [9.17, 15) is 5.11 Å². The summed E-state index contributed by atoms with van der Waals surface area (Å²) in [6.45, 7) is 0.583. The zero-order valence-electron chi connectivity index (χ0n) is 10.3. The number of benzene rings is 1. The van der Waals surface area contributed by atoms with E-state index in [1.807, 2.05) is 41.0 Å². The van der Waals surface area contributed by atoms with Crippen LogP contribution in [0.15, 0.2) is 48.8 Å². The van der Waals surface area contributed by atoms with Crippen LogP contribution >= 0.6 is 0 Å². The Balaban J connectivity index is 2.04. The fourth-order valence-corrected chi connectivity index (χ4v) is 2.06. The van der Waals surface area contributed by atoms with Gasteiger partial charge in [0.05, 0.1) is 17.6 Å². The fourth-order valence-electron chi connectivity index (χ4n) is 2.06. The number of anilines is 2. The van der Waals surface area contributed by atoms with Crippen molar-refractivity contribution in [2.75, 3.05) is 11.9 Å². The highest BCUT2D eigenvalue weighted by Crippen LogP contribution is 2.22. The van der Waals surface area contributed by atoms with Crippen LogP contribution in [0.5, 0.6) is 0 Å². The Labute approximate surface area is 110 Å².